The van der Waals surface area contributed by atoms with Crippen molar-refractivity contribution in [2.24, 2.45) is 0 Å². The van der Waals surface area contributed by atoms with E-state index >= 15 is 0 Å². The van der Waals surface area contributed by atoms with Crippen molar-refractivity contribution in [2.75, 3.05) is 24.6 Å². The van der Waals surface area contributed by atoms with E-state index in [1.807, 2.05) is 18.5 Å². The Hall–Kier alpha value is -3.29. The van der Waals surface area contributed by atoms with E-state index in [2.05, 4.69) is 61.9 Å². The van der Waals surface area contributed by atoms with Gasteiger partial charge in [-0.05, 0) is 36.1 Å². The van der Waals surface area contributed by atoms with Gasteiger partial charge in [-0.1, -0.05) is 36.4 Å². The van der Waals surface area contributed by atoms with E-state index in [0.29, 0.717) is 13.2 Å². The zero-order valence-electron chi connectivity index (χ0n) is 17.8. The molecule has 32 heavy (non-hydrogen) atoms. The zero-order chi connectivity index (χ0) is 21.5. The fraction of sp³-hybridized carbons (Fsp3) is 0.320. The molecule has 0 bridgehead atoms. The highest BCUT2D eigenvalue weighted by molar-refractivity contribution is 5.83. The maximum absolute atomic E-state index is 9.73. The van der Waals surface area contributed by atoms with Gasteiger partial charge in [0.1, 0.15) is 12.4 Å². The van der Waals surface area contributed by atoms with Crippen LogP contribution >= 0.6 is 0 Å². The van der Waals surface area contributed by atoms with Crippen LogP contribution in [0, 0.1) is 0 Å². The minimum absolute atomic E-state index is 0.105. The first kappa shape index (κ1) is 19.4. The molecule has 2 aliphatic heterocycles. The lowest BCUT2D eigenvalue weighted by Gasteiger charge is -2.29. The van der Waals surface area contributed by atoms with Crippen LogP contribution in [0.2, 0.25) is 0 Å². The molecule has 0 amide bonds. The van der Waals surface area contributed by atoms with Gasteiger partial charge in [0, 0.05) is 31.0 Å². The second kappa shape index (κ2) is 8.00. The summed E-state index contributed by atoms with van der Waals surface area (Å²) in [6.45, 7) is 2.74. The first-order valence-corrected chi connectivity index (χ1v) is 11.2. The summed E-state index contributed by atoms with van der Waals surface area (Å²) in [7, 11) is 0. The summed E-state index contributed by atoms with van der Waals surface area (Å²) in [6, 6.07) is 16.9. The van der Waals surface area contributed by atoms with Crippen molar-refractivity contribution in [2.45, 2.75) is 31.6 Å². The van der Waals surface area contributed by atoms with Crippen LogP contribution in [0.25, 0.3) is 22.2 Å². The van der Waals surface area contributed by atoms with Crippen LogP contribution in [0.1, 0.15) is 30.3 Å². The largest absolute Gasteiger partial charge is 0.393 e. The average molecular weight is 428 g/mol. The standard InChI is InChI=1S/C25H25N5O2/c31-20-8-10-29(11-9-20)25-26-13-19(14-27-25)18-6-7-21-22(12-18)30-23(15-32-16-24(30)28-21)17-4-2-1-3-5-17/h1-7,12-14,20,23,31H,8-11,15-16H2. The minimum atomic E-state index is -0.205. The van der Waals surface area contributed by atoms with Gasteiger partial charge in [0.2, 0.25) is 5.95 Å². The summed E-state index contributed by atoms with van der Waals surface area (Å²) >= 11 is 0. The van der Waals surface area contributed by atoms with Gasteiger partial charge < -0.3 is 19.3 Å². The molecule has 7 heteroatoms. The molecular formula is C25H25N5O2. The average Bonchev–Trinajstić information content (AvgIpc) is 3.23. The number of aromatic nitrogens is 4. The molecule has 2 aliphatic rings. The van der Waals surface area contributed by atoms with Crippen molar-refractivity contribution in [1.82, 2.24) is 19.5 Å². The van der Waals surface area contributed by atoms with Crippen molar-refractivity contribution < 1.29 is 9.84 Å². The van der Waals surface area contributed by atoms with Gasteiger partial charge in [0.15, 0.2) is 0 Å². The predicted molar refractivity (Wildman–Crippen MR) is 122 cm³/mol. The quantitative estimate of drug-likeness (QED) is 0.539. The molecule has 1 N–H and O–H groups in total. The molecule has 1 atom stereocenters. The smallest absolute Gasteiger partial charge is 0.225 e. The normalized spacial score (nSPS) is 19.3. The lowest BCUT2D eigenvalue weighted by molar-refractivity contribution is 0.0679. The van der Waals surface area contributed by atoms with Gasteiger partial charge in [-0.2, -0.15) is 0 Å². The molecule has 0 spiro atoms. The van der Waals surface area contributed by atoms with E-state index in [9.17, 15) is 5.11 Å². The molecule has 4 heterocycles. The Bertz CT molecular complexity index is 1230. The number of anilines is 1. The molecule has 2 aromatic heterocycles. The molecule has 0 radical (unpaired) electrons. The summed E-state index contributed by atoms with van der Waals surface area (Å²) in [5.74, 6) is 1.68. The number of hydrogen-bond acceptors (Lipinski definition) is 6. The maximum Gasteiger partial charge on any atom is 0.225 e. The number of hydrogen-bond donors (Lipinski definition) is 1. The molecule has 162 valence electrons. The van der Waals surface area contributed by atoms with Crippen molar-refractivity contribution >= 4 is 17.0 Å². The fourth-order valence-electron chi connectivity index (χ4n) is 4.73. The van der Waals surface area contributed by atoms with Crippen LogP contribution < -0.4 is 4.90 Å². The molecule has 1 saturated heterocycles. The molecule has 1 unspecified atom stereocenters. The van der Waals surface area contributed by atoms with E-state index < -0.39 is 0 Å². The van der Waals surface area contributed by atoms with E-state index in [1.165, 1.54) is 5.56 Å². The molecule has 0 saturated carbocycles. The number of imidazole rings is 1. The molecular weight excluding hydrogens is 402 g/mol. The number of aliphatic hydroxyl groups excluding tert-OH is 1. The van der Waals surface area contributed by atoms with Crippen molar-refractivity contribution in [3.63, 3.8) is 0 Å². The maximum atomic E-state index is 9.73. The number of fused-ring (bicyclic) bond motifs is 3. The fourth-order valence-corrected chi connectivity index (χ4v) is 4.73. The van der Waals surface area contributed by atoms with Gasteiger partial charge in [-0.15, -0.1) is 0 Å². The summed E-state index contributed by atoms with van der Waals surface area (Å²) in [4.78, 5) is 16.2. The van der Waals surface area contributed by atoms with Gasteiger partial charge in [-0.25, -0.2) is 15.0 Å². The third-order valence-electron chi connectivity index (χ3n) is 6.48. The Morgan fingerprint density at radius 3 is 2.50 bits per heavy atom. The van der Waals surface area contributed by atoms with Gasteiger partial charge in [0.25, 0.3) is 0 Å². The number of ether oxygens (including phenoxy) is 1. The molecule has 4 aromatic rings. The van der Waals surface area contributed by atoms with Crippen molar-refractivity contribution in [3.8, 4) is 11.1 Å². The number of nitrogens with zero attached hydrogens (tertiary/aromatic N) is 5. The Morgan fingerprint density at radius 2 is 1.72 bits per heavy atom. The zero-order valence-corrected chi connectivity index (χ0v) is 17.8. The molecule has 2 aromatic carbocycles. The minimum Gasteiger partial charge on any atom is -0.393 e. The second-order valence-corrected chi connectivity index (χ2v) is 8.53. The van der Waals surface area contributed by atoms with Crippen LogP contribution in [-0.4, -0.2) is 50.4 Å². The van der Waals surface area contributed by atoms with E-state index in [4.69, 9.17) is 9.72 Å². The van der Waals surface area contributed by atoms with Crippen LogP contribution in [0.15, 0.2) is 60.9 Å². The third kappa shape index (κ3) is 3.43. The summed E-state index contributed by atoms with van der Waals surface area (Å²) < 4.78 is 8.17. The van der Waals surface area contributed by atoms with Crippen molar-refractivity contribution in [1.29, 1.82) is 0 Å². The van der Waals surface area contributed by atoms with Crippen LogP contribution in [0.3, 0.4) is 0 Å². The second-order valence-electron chi connectivity index (χ2n) is 8.53. The van der Waals surface area contributed by atoms with Crippen LogP contribution in [-0.2, 0) is 11.3 Å². The number of piperidine rings is 1. The highest BCUT2D eigenvalue weighted by Gasteiger charge is 2.25. The lowest BCUT2D eigenvalue weighted by atomic mass is 10.1. The van der Waals surface area contributed by atoms with Gasteiger partial charge in [-0.3, -0.25) is 0 Å². The number of rotatable bonds is 3. The molecule has 6 rings (SSSR count). The topological polar surface area (TPSA) is 76.3 Å². The van der Waals surface area contributed by atoms with Gasteiger partial charge >= 0.3 is 0 Å². The Morgan fingerprint density at radius 1 is 0.938 bits per heavy atom. The van der Waals surface area contributed by atoms with Gasteiger partial charge in [0.05, 0.1) is 29.8 Å². The molecule has 7 nitrogen and oxygen atoms in total. The van der Waals surface area contributed by atoms with E-state index in [0.717, 1.165) is 59.9 Å². The Balaban J connectivity index is 1.35. The van der Waals surface area contributed by atoms with Crippen LogP contribution in [0.5, 0.6) is 0 Å². The summed E-state index contributed by atoms with van der Waals surface area (Å²) in [5.41, 5.74) is 5.34. The van der Waals surface area contributed by atoms with Crippen LogP contribution in [0.4, 0.5) is 5.95 Å². The Kier molecular flexibility index (Phi) is 4.85. The third-order valence-corrected chi connectivity index (χ3v) is 6.48. The summed E-state index contributed by atoms with van der Waals surface area (Å²) in [5, 5.41) is 9.73. The first-order valence-electron chi connectivity index (χ1n) is 11.2. The predicted octanol–water partition coefficient (Wildman–Crippen LogP) is 3.57. The molecule has 0 aliphatic carbocycles. The number of aliphatic hydroxyl groups is 1. The van der Waals surface area contributed by atoms with E-state index in [-0.39, 0.29) is 12.1 Å². The SMILES string of the molecule is OC1CCN(c2ncc(-c3ccc4nc5n(c4c3)C(c3ccccc3)COC5)cn2)CC1. The first-order chi connectivity index (χ1) is 15.8. The Labute approximate surface area is 186 Å². The summed E-state index contributed by atoms with van der Waals surface area (Å²) in [6.07, 6.45) is 5.10. The monoisotopic (exact) mass is 427 g/mol. The van der Waals surface area contributed by atoms with Crippen molar-refractivity contribution in [3.05, 3.63) is 72.3 Å². The van der Waals surface area contributed by atoms with E-state index in [1.54, 1.807) is 0 Å². The molecule has 1 fully saturated rings. The highest BCUT2D eigenvalue weighted by Crippen LogP contribution is 2.32. The highest BCUT2D eigenvalue weighted by atomic mass is 16.5. The lowest BCUT2D eigenvalue weighted by Crippen LogP contribution is -2.36. The number of benzene rings is 2.